The molecule has 0 saturated carbocycles. The van der Waals surface area contributed by atoms with E-state index in [1.165, 1.54) is 6.07 Å². The van der Waals surface area contributed by atoms with Crippen molar-refractivity contribution in [1.82, 2.24) is 0 Å². The van der Waals surface area contributed by atoms with Crippen molar-refractivity contribution in [3.63, 3.8) is 0 Å². The highest BCUT2D eigenvalue weighted by Crippen LogP contribution is 2.24. The molecule has 0 spiro atoms. The van der Waals surface area contributed by atoms with Crippen LogP contribution in [0.4, 0.5) is 10.1 Å². The Morgan fingerprint density at radius 1 is 1.25 bits per heavy atom. The molecule has 2 rings (SSSR count). The molecule has 5 heteroatoms. The average Bonchev–Trinajstić information content (AvgIpc) is 2.48. The summed E-state index contributed by atoms with van der Waals surface area (Å²) in [6.07, 6.45) is 0. The van der Waals surface area contributed by atoms with Crippen LogP contribution in [-0.2, 0) is 0 Å². The molecule has 3 N–H and O–H groups in total. The van der Waals surface area contributed by atoms with Gasteiger partial charge < -0.3 is 15.8 Å². The van der Waals surface area contributed by atoms with E-state index in [4.69, 9.17) is 10.5 Å². The molecule has 20 heavy (non-hydrogen) atoms. The van der Waals surface area contributed by atoms with E-state index in [-0.39, 0.29) is 11.9 Å². The third-order valence-corrected chi connectivity index (χ3v) is 3.66. The number of halogens is 2. The number of hydrogen-bond acceptors (Lipinski definition) is 3. The first-order valence-electron chi connectivity index (χ1n) is 6.19. The lowest BCUT2D eigenvalue weighted by Crippen LogP contribution is -2.20. The van der Waals surface area contributed by atoms with Gasteiger partial charge in [0.15, 0.2) is 0 Å². The first-order valence-corrected chi connectivity index (χ1v) is 6.99. The van der Waals surface area contributed by atoms with Gasteiger partial charge in [-0.25, -0.2) is 4.39 Å². The summed E-state index contributed by atoms with van der Waals surface area (Å²) in [5, 5.41) is 3.28. The smallest absolute Gasteiger partial charge is 0.137 e. The molecular formula is C15H16BrFN2O. The van der Waals surface area contributed by atoms with Crippen LogP contribution < -0.4 is 15.8 Å². The molecule has 0 heterocycles. The molecule has 0 aliphatic carbocycles. The minimum absolute atomic E-state index is 0.147. The Hall–Kier alpha value is -1.59. The average molecular weight is 339 g/mol. The Kier molecular flexibility index (Phi) is 4.98. The molecule has 0 aromatic heterocycles. The SMILES string of the molecule is COc1ccc(NC(CN)c2ccc(Br)c(F)c2)cc1. The standard InChI is InChI=1S/C15H16BrFN2O/c1-20-12-5-3-11(4-6-12)19-15(9-18)10-2-7-13(16)14(17)8-10/h2-8,15,19H,9,18H2,1H3. The van der Waals surface area contributed by atoms with Crippen LogP contribution in [0.2, 0.25) is 0 Å². The molecule has 106 valence electrons. The van der Waals surface area contributed by atoms with Gasteiger partial charge in [0.1, 0.15) is 11.6 Å². The summed E-state index contributed by atoms with van der Waals surface area (Å²) in [7, 11) is 1.62. The fourth-order valence-corrected chi connectivity index (χ4v) is 2.14. The lowest BCUT2D eigenvalue weighted by atomic mass is 10.1. The van der Waals surface area contributed by atoms with Crippen molar-refractivity contribution in [3.8, 4) is 5.75 Å². The minimum atomic E-state index is -0.294. The van der Waals surface area contributed by atoms with Crippen LogP contribution in [-0.4, -0.2) is 13.7 Å². The van der Waals surface area contributed by atoms with E-state index in [9.17, 15) is 4.39 Å². The maximum Gasteiger partial charge on any atom is 0.137 e. The molecule has 0 saturated heterocycles. The summed E-state index contributed by atoms with van der Waals surface area (Å²) in [4.78, 5) is 0. The van der Waals surface area contributed by atoms with Crippen LogP contribution in [0.25, 0.3) is 0 Å². The van der Waals surface area contributed by atoms with Crippen molar-refractivity contribution < 1.29 is 9.13 Å². The predicted octanol–water partition coefficient (Wildman–Crippen LogP) is 3.71. The Labute approximate surface area is 126 Å². The van der Waals surface area contributed by atoms with E-state index in [0.29, 0.717) is 11.0 Å². The Morgan fingerprint density at radius 2 is 1.95 bits per heavy atom. The second-order valence-electron chi connectivity index (χ2n) is 4.33. The van der Waals surface area contributed by atoms with Gasteiger partial charge in [0.25, 0.3) is 0 Å². The highest BCUT2D eigenvalue weighted by molar-refractivity contribution is 9.10. The summed E-state index contributed by atoms with van der Waals surface area (Å²) < 4.78 is 19.1. The molecule has 0 aliphatic heterocycles. The first kappa shape index (κ1) is 14.8. The largest absolute Gasteiger partial charge is 0.497 e. The van der Waals surface area contributed by atoms with Gasteiger partial charge in [-0.05, 0) is 57.9 Å². The third kappa shape index (κ3) is 3.49. The third-order valence-electron chi connectivity index (χ3n) is 3.01. The summed E-state index contributed by atoms with van der Waals surface area (Å²) in [6, 6.07) is 12.4. The van der Waals surface area contributed by atoms with E-state index in [1.54, 1.807) is 13.2 Å². The zero-order valence-electron chi connectivity index (χ0n) is 11.1. The van der Waals surface area contributed by atoms with Crippen LogP contribution in [0.5, 0.6) is 5.75 Å². The highest BCUT2D eigenvalue weighted by Gasteiger charge is 2.11. The van der Waals surface area contributed by atoms with Crippen LogP contribution >= 0.6 is 15.9 Å². The molecule has 3 nitrogen and oxygen atoms in total. The summed E-state index contributed by atoms with van der Waals surface area (Å²) in [5.41, 5.74) is 7.49. The van der Waals surface area contributed by atoms with Gasteiger partial charge in [0.05, 0.1) is 17.6 Å². The minimum Gasteiger partial charge on any atom is -0.497 e. The molecule has 0 aliphatic rings. The molecule has 0 fully saturated rings. The van der Waals surface area contributed by atoms with Crippen molar-refractivity contribution >= 4 is 21.6 Å². The monoisotopic (exact) mass is 338 g/mol. The van der Waals surface area contributed by atoms with Gasteiger partial charge in [-0.3, -0.25) is 0 Å². The molecule has 2 aromatic rings. The van der Waals surface area contributed by atoms with E-state index in [1.807, 2.05) is 30.3 Å². The molecular weight excluding hydrogens is 323 g/mol. The van der Waals surface area contributed by atoms with Gasteiger partial charge in [-0.1, -0.05) is 6.07 Å². The normalized spacial score (nSPS) is 12.0. The van der Waals surface area contributed by atoms with Gasteiger partial charge in [0, 0.05) is 12.2 Å². The van der Waals surface area contributed by atoms with Crippen LogP contribution in [0, 0.1) is 5.82 Å². The zero-order chi connectivity index (χ0) is 14.5. The Morgan fingerprint density at radius 3 is 2.50 bits per heavy atom. The second-order valence-corrected chi connectivity index (χ2v) is 5.19. The van der Waals surface area contributed by atoms with Gasteiger partial charge in [0.2, 0.25) is 0 Å². The number of nitrogens with one attached hydrogen (secondary N) is 1. The van der Waals surface area contributed by atoms with E-state index in [2.05, 4.69) is 21.2 Å². The topological polar surface area (TPSA) is 47.3 Å². The van der Waals surface area contributed by atoms with Gasteiger partial charge in [-0.15, -0.1) is 0 Å². The molecule has 0 bridgehead atoms. The van der Waals surface area contributed by atoms with Gasteiger partial charge in [-0.2, -0.15) is 0 Å². The maximum absolute atomic E-state index is 13.6. The quantitative estimate of drug-likeness (QED) is 0.873. The van der Waals surface area contributed by atoms with Gasteiger partial charge >= 0.3 is 0 Å². The zero-order valence-corrected chi connectivity index (χ0v) is 12.7. The number of hydrogen-bond donors (Lipinski definition) is 2. The van der Waals surface area contributed by atoms with Crippen molar-refractivity contribution in [3.05, 3.63) is 58.3 Å². The van der Waals surface area contributed by atoms with Crippen LogP contribution in [0.3, 0.4) is 0 Å². The molecule has 2 aromatic carbocycles. The van der Waals surface area contributed by atoms with E-state index >= 15 is 0 Å². The first-order chi connectivity index (χ1) is 9.63. The molecule has 1 atom stereocenters. The van der Waals surface area contributed by atoms with Crippen molar-refractivity contribution in [1.29, 1.82) is 0 Å². The van der Waals surface area contributed by atoms with E-state index < -0.39 is 0 Å². The van der Waals surface area contributed by atoms with Crippen LogP contribution in [0.15, 0.2) is 46.9 Å². The van der Waals surface area contributed by atoms with Crippen molar-refractivity contribution in [2.45, 2.75) is 6.04 Å². The fraction of sp³-hybridized carbons (Fsp3) is 0.200. The number of benzene rings is 2. The lowest BCUT2D eigenvalue weighted by molar-refractivity contribution is 0.415. The Bertz CT molecular complexity index is 575. The van der Waals surface area contributed by atoms with E-state index in [0.717, 1.165) is 17.0 Å². The van der Waals surface area contributed by atoms with Crippen molar-refractivity contribution in [2.75, 3.05) is 19.0 Å². The number of nitrogens with two attached hydrogens (primary N) is 1. The number of ether oxygens (including phenoxy) is 1. The maximum atomic E-state index is 13.6. The summed E-state index contributed by atoms with van der Waals surface area (Å²) in [6.45, 7) is 0.368. The summed E-state index contributed by atoms with van der Waals surface area (Å²) >= 11 is 3.14. The summed E-state index contributed by atoms with van der Waals surface area (Å²) in [5.74, 6) is 0.493. The molecule has 0 radical (unpaired) electrons. The number of rotatable bonds is 5. The second kappa shape index (κ2) is 6.72. The predicted molar refractivity (Wildman–Crippen MR) is 82.5 cm³/mol. The number of methoxy groups -OCH3 is 1. The lowest BCUT2D eigenvalue weighted by Gasteiger charge is -2.19. The molecule has 0 amide bonds. The fourth-order valence-electron chi connectivity index (χ4n) is 1.90. The van der Waals surface area contributed by atoms with Crippen LogP contribution in [0.1, 0.15) is 11.6 Å². The molecule has 1 unspecified atom stereocenters. The van der Waals surface area contributed by atoms with Crippen molar-refractivity contribution in [2.24, 2.45) is 5.73 Å². The number of anilines is 1. The highest BCUT2D eigenvalue weighted by atomic mass is 79.9. The Balaban J connectivity index is 2.16.